The fourth-order valence-electron chi connectivity index (χ4n) is 4.76. The number of aliphatic hydroxyl groups excluding tert-OH is 2. The first-order valence-corrected chi connectivity index (χ1v) is 15.9. The quantitative estimate of drug-likeness (QED) is 0.0729. The van der Waals surface area contributed by atoms with Crippen LogP contribution in [0.1, 0.15) is 168 Å². The van der Waals surface area contributed by atoms with E-state index in [1.165, 1.54) is 122 Å². The van der Waals surface area contributed by atoms with Gasteiger partial charge in [-0.3, -0.25) is 4.79 Å². The maximum atomic E-state index is 12.2. The highest BCUT2D eigenvalue weighted by molar-refractivity contribution is 5.76. The lowest BCUT2D eigenvalue weighted by Crippen LogP contribution is -2.45. The third kappa shape index (κ3) is 24.8. The first-order chi connectivity index (χ1) is 17.7. The van der Waals surface area contributed by atoms with Gasteiger partial charge in [-0.05, 0) is 19.3 Å². The van der Waals surface area contributed by atoms with Gasteiger partial charge in [0.25, 0.3) is 0 Å². The lowest BCUT2D eigenvalue weighted by Gasteiger charge is -2.20. The minimum Gasteiger partial charge on any atom is -0.394 e. The molecular weight excluding hydrogens is 446 g/mol. The summed E-state index contributed by atoms with van der Waals surface area (Å²) in [6.45, 7) is 4.28. The maximum absolute atomic E-state index is 12.2. The number of carbonyl (C=O) groups is 1. The molecule has 3 N–H and O–H groups in total. The van der Waals surface area contributed by atoms with Gasteiger partial charge in [0, 0.05) is 6.42 Å². The second-order valence-electron chi connectivity index (χ2n) is 10.9. The Kier molecular flexibility index (Phi) is 28.0. The average Bonchev–Trinajstić information content (AvgIpc) is 2.88. The van der Waals surface area contributed by atoms with Crippen molar-refractivity contribution >= 4 is 5.91 Å². The minimum atomic E-state index is -0.829. The molecule has 0 spiro atoms. The SMILES string of the molecule is CCCCCCCCCCC/C=C/[C@@H](O)[C@H](CO)NC(=O)CCCCCCCCCCCCCCC. The normalized spacial score (nSPS) is 13.3. The molecule has 0 aliphatic rings. The first kappa shape index (κ1) is 35.1. The van der Waals surface area contributed by atoms with E-state index in [9.17, 15) is 15.0 Å². The van der Waals surface area contributed by atoms with Gasteiger partial charge in [-0.2, -0.15) is 0 Å². The highest BCUT2D eigenvalue weighted by Crippen LogP contribution is 2.13. The summed E-state index contributed by atoms with van der Waals surface area (Å²) < 4.78 is 0. The van der Waals surface area contributed by atoms with Gasteiger partial charge in [0.05, 0.1) is 18.8 Å². The molecule has 1 amide bonds. The Balaban J connectivity index is 3.65. The summed E-state index contributed by atoms with van der Waals surface area (Å²) in [5, 5.41) is 22.7. The van der Waals surface area contributed by atoms with E-state index in [0.29, 0.717) is 6.42 Å². The number of rotatable bonds is 28. The van der Waals surface area contributed by atoms with E-state index in [-0.39, 0.29) is 12.5 Å². The van der Waals surface area contributed by atoms with Crippen LogP contribution in [-0.2, 0) is 4.79 Å². The number of allylic oxidation sites excluding steroid dienone is 1. The van der Waals surface area contributed by atoms with E-state index >= 15 is 0 Å². The highest BCUT2D eigenvalue weighted by Gasteiger charge is 2.17. The number of carbonyl (C=O) groups excluding carboxylic acids is 1. The molecule has 0 fully saturated rings. The standard InChI is InChI=1S/C32H63NO3/c1-3-5-7-9-11-13-15-16-18-20-22-24-26-28-32(36)33-30(29-34)31(35)27-25-23-21-19-17-14-12-10-8-6-4-2/h25,27,30-31,34-35H,3-24,26,28-29H2,1-2H3,(H,33,36)/b27-25+/t30-,31+/m0/s1. The summed E-state index contributed by atoms with van der Waals surface area (Å²) in [6, 6.07) is -0.612. The van der Waals surface area contributed by atoms with Crippen molar-refractivity contribution in [1.29, 1.82) is 0 Å². The molecule has 0 aromatic rings. The number of hydrogen-bond donors (Lipinski definition) is 3. The van der Waals surface area contributed by atoms with Crippen molar-refractivity contribution in [2.24, 2.45) is 0 Å². The van der Waals surface area contributed by atoms with Crippen LogP contribution in [0.4, 0.5) is 0 Å². The highest BCUT2D eigenvalue weighted by atomic mass is 16.3. The molecular formula is C32H63NO3. The number of nitrogens with one attached hydrogen (secondary N) is 1. The van der Waals surface area contributed by atoms with Crippen molar-refractivity contribution in [3.63, 3.8) is 0 Å². The Morgan fingerprint density at radius 3 is 1.44 bits per heavy atom. The molecule has 2 atom stereocenters. The number of unbranched alkanes of at least 4 members (excludes halogenated alkanes) is 21. The molecule has 0 aromatic carbocycles. The fraction of sp³-hybridized carbons (Fsp3) is 0.906. The smallest absolute Gasteiger partial charge is 0.220 e. The summed E-state index contributed by atoms with van der Waals surface area (Å²) in [6.07, 6.45) is 32.8. The summed E-state index contributed by atoms with van der Waals surface area (Å²) in [5.74, 6) is -0.0662. The van der Waals surface area contributed by atoms with Crippen LogP contribution in [0.2, 0.25) is 0 Å². The maximum Gasteiger partial charge on any atom is 0.220 e. The van der Waals surface area contributed by atoms with Crippen molar-refractivity contribution in [1.82, 2.24) is 5.32 Å². The molecule has 0 unspecified atom stereocenters. The van der Waals surface area contributed by atoms with E-state index in [0.717, 1.165) is 25.7 Å². The van der Waals surface area contributed by atoms with Crippen molar-refractivity contribution < 1.29 is 15.0 Å². The van der Waals surface area contributed by atoms with Crippen LogP contribution in [0.3, 0.4) is 0 Å². The van der Waals surface area contributed by atoms with Gasteiger partial charge in [0.15, 0.2) is 0 Å². The van der Waals surface area contributed by atoms with E-state index in [2.05, 4.69) is 19.2 Å². The molecule has 0 heterocycles. The predicted octanol–water partition coefficient (Wildman–Crippen LogP) is 8.78. The summed E-state index contributed by atoms with van der Waals surface area (Å²) >= 11 is 0. The molecule has 0 bridgehead atoms. The van der Waals surface area contributed by atoms with Crippen molar-refractivity contribution in [3.8, 4) is 0 Å². The molecule has 0 aliphatic heterocycles. The van der Waals surface area contributed by atoms with Crippen LogP contribution in [-0.4, -0.2) is 34.9 Å². The second kappa shape index (κ2) is 28.7. The van der Waals surface area contributed by atoms with E-state index in [1.54, 1.807) is 6.08 Å². The van der Waals surface area contributed by atoms with Crippen molar-refractivity contribution in [3.05, 3.63) is 12.2 Å². The number of aliphatic hydroxyl groups is 2. The molecule has 0 saturated carbocycles. The molecule has 36 heavy (non-hydrogen) atoms. The van der Waals surface area contributed by atoms with E-state index in [1.807, 2.05) is 6.08 Å². The molecule has 0 aliphatic carbocycles. The molecule has 0 saturated heterocycles. The van der Waals surface area contributed by atoms with Gasteiger partial charge in [0.1, 0.15) is 0 Å². The zero-order valence-corrected chi connectivity index (χ0v) is 24.3. The van der Waals surface area contributed by atoms with Crippen LogP contribution in [0.5, 0.6) is 0 Å². The zero-order valence-electron chi connectivity index (χ0n) is 24.3. The second-order valence-corrected chi connectivity index (χ2v) is 10.9. The minimum absolute atomic E-state index is 0.0662. The Labute approximate surface area is 225 Å². The Bertz CT molecular complexity index is 480. The third-order valence-corrected chi connectivity index (χ3v) is 7.27. The Morgan fingerprint density at radius 2 is 1.03 bits per heavy atom. The first-order valence-electron chi connectivity index (χ1n) is 15.9. The third-order valence-electron chi connectivity index (χ3n) is 7.27. The van der Waals surface area contributed by atoms with Crippen molar-refractivity contribution in [2.75, 3.05) is 6.61 Å². The monoisotopic (exact) mass is 509 g/mol. The van der Waals surface area contributed by atoms with Crippen LogP contribution >= 0.6 is 0 Å². The molecule has 0 rings (SSSR count). The van der Waals surface area contributed by atoms with Gasteiger partial charge in [-0.15, -0.1) is 0 Å². The number of amides is 1. The number of hydrogen-bond acceptors (Lipinski definition) is 3. The molecule has 0 radical (unpaired) electrons. The topological polar surface area (TPSA) is 69.6 Å². The fourth-order valence-corrected chi connectivity index (χ4v) is 4.76. The lowest BCUT2D eigenvalue weighted by atomic mass is 10.0. The van der Waals surface area contributed by atoms with E-state index in [4.69, 9.17) is 0 Å². The van der Waals surface area contributed by atoms with Crippen LogP contribution < -0.4 is 5.32 Å². The van der Waals surface area contributed by atoms with Crippen LogP contribution in [0.25, 0.3) is 0 Å². The van der Waals surface area contributed by atoms with Crippen LogP contribution in [0.15, 0.2) is 12.2 Å². The Hall–Kier alpha value is -0.870. The van der Waals surface area contributed by atoms with Gasteiger partial charge in [0.2, 0.25) is 5.91 Å². The average molecular weight is 510 g/mol. The molecule has 214 valence electrons. The summed E-state index contributed by atoms with van der Waals surface area (Å²) in [7, 11) is 0. The van der Waals surface area contributed by atoms with Crippen LogP contribution in [0, 0.1) is 0 Å². The zero-order chi connectivity index (χ0) is 26.5. The largest absolute Gasteiger partial charge is 0.394 e. The van der Waals surface area contributed by atoms with Gasteiger partial charge < -0.3 is 15.5 Å². The lowest BCUT2D eigenvalue weighted by molar-refractivity contribution is -0.123. The van der Waals surface area contributed by atoms with Crippen molar-refractivity contribution in [2.45, 2.75) is 180 Å². The summed E-state index contributed by atoms with van der Waals surface area (Å²) in [5.41, 5.74) is 0. The molecule has 4 nitrogen and oxygen atoms in total. The van der Waals surface area contributed by atoms with Gasteiger partial charge >= 0.3 is 0 Å². The van der Waals surface area contributed by atoms with Gasteiger partial charge in [-0.25, -0.2) is 0 Å². The Morgan fingerprint density at radius 1 is 0.639 bits per heavy atom. The molecule has 4 heteroatoms. The van der Waals surface area contributed by atoms with E-state index < -0.39 is 12.1 Å². The predicted molar refractivity (Wildman–Crippen MR) is 156 cm³/mol. The van der Waals surface area contributed by atoms with Gasteiger partial charge in [-0.1, -0.05) is 154 Å². The summed E-state index contributed by atoms with van der Waals surface area (Å²) in [4.78, 5) is 12.2. The molecule has 0 aromatic heterocycles.